The van der Waals surface area contributed by atoms with E-state index < -0.39 is 6.10 Å². The lowest BCUT2D eigenvalue weighted by atomic mass is 10.1. The van der Waals surface area contributed by atoms with Gasteiger partial charge in [0.15, 0.2) is 11.6 Å². The zero-order chi connectivity index (χ0) is 20.2. The molecule has 0 radical (unpaired) electrons. The van der Waals surface area contributed by atoms with E-state index >= 15 is 0 Å². The lowest BCUT2D eigenvalue weighted by Crippen LogP contribution is -2.49. The zero-order valence-electron chi connectivity index (χ0n) is 16.9. The first-order chi connectivity index (χ1) is 14.1. The van der Waals surface area contributed by atoms with Gasteiger partial charge < -0.3 is 24.8 Å². The topological polar surface area (TPSA) is 57.2 Å². The summed E-state index contributed by atoms with van der Waals surface area (Å²) in [6, 6.07) is 14.4. The number of rotatable bonds is 7. The van der Waals surface area contributed by atoms with E-state index in [2.05, 4.69) is 52.9 Å². The molecule has 4 rings (SSSR count). The zero-order valence-corrected chi connectivity index (χ0v) is 16.9. The summed E-state index contributed by atoms with van der Waals surface area (Å²) in [7, 11) is 0. The molecule has 0 aliphatic carbocycles. The summed E-state index contributed by atoms with van der Waals surface area (Å²) >= 11 is 0. The van der Waals surface area contributed by atoms with Gasteiger partial charge in [-0.2, -0.15) is 0 Å². The van der Waals surface area contributed by atoms with Crippen LogP contribution in [0.2, 0.25) is 0 Å². The Morgan fingerprint density at radius 3 is 2.62 bits per heavy atom. The largest absolute Gasteiger partial charge is 0.491 e. The summed E-state index contributed by atoms with van der Waals surface area (Å²) < 4.78 is 11.2. The van der Waals surface area contributed by atoms with Gasteiger partial charge >= 0.3 is 0 Å². The van der Waals surface area contributed by atoms with Crippen molar-refractivity contribution in [1.82, 2.24) is 4.90 Å². The van der Waals surface area contributed by atoms with Gasteiger partial charge in [0.1, 0.15) is 18.5 Å². The maximum absolute atomic E-state index is 10.4. The van der Waals surface area contributed by atoms with Gasteiger partial charge in [-0.25, -0.2) is 0 Å². The lowest BCUT2D eigenvalue weighted by molar-refractivity contribution is 0.0662. The van der Waals surface area contributed by atoms with E-state index in [1.807, 2.05) is 18.2 Å². The monoisotopic (exact) mass is 395 g/mol. The van der Waals surface area contributed by atoms with Crippen LogP contribution in [0.15, 0.2) is 54.9 Å². The van der Waals surface area contributed by atoms with Gasteiger partial charge in [0.25, 0.3) is 0 Å². The number of fused-ring (bicyclic) bond motifs is 1. The molecule has 2 N–H and O–H groups in total. The van der Waals surface area contributed by atoms with Gasteiger partial charge in [0.05, 0.1) is 5.69 Å². The van der Waals surface area contributed by atoms with Crippen molar-refractivity contribution in [2.45, 2.75) is 19.4 Å². The number of aryl methyl sites for hydroxylation is 1. The number of hydrogen-bond acceptors (Lipinski definition) is 6. The SMILES string of the molecule is C=C1Nc2ccc(OC[C@@H](O)CN3CCN(c4ccc(CC)cc4)CC3)cc2O1. The van der Waals surface area contributed by atoms with Crippen LogP contribution in [-0.4, -0.2) is 55.4 Å². The molecule has 0 amide bonds. The van der Waals surface area contributed by atoms with E-state index in [1.54, 1.807) is 0 Å². The number of anilines is 2. The Morgan fingerprint density at radius 2 is 1.90 bits per heavy atom. The third-order valence-electron chi connectivity index (χ3n) is 5.45. The highest BCUT2D eigenvalue weighted by molar-refractivity contribution is 5.65. The van der Waals surface area contributed by atoms with Crippen LogP contribution in [0.4, 0.5) is 11.4 Å². The minimum absolute atomic E-state index is 0.256. The van der Waals surface area contributed by atoms with Crippen LogP contribution in [0.5, 0.6) is 11.5 Å². The fraction of sp³-hybridized carbons (Fsp3) is 0.391. The highest BCUT2D eigenvalue weighted by Crippen LogP contribution is 2.35. The van der Waals surface area contributed by atoms with Crippen LogP contribution >= 0.6 is 0 Å². The number of nitrogens with one attached hydrogen (secondary N) is 1. The highest BCUT2D eigenvalue weighted by atomic mass is 16.5. The maximum Gasteiger partial charge on any atom is 0.190 e. The molecule has 1 atom stereocenters. The van der Waals surface area contributed by atoms with Gasteiger partial charge in [-0.05, 0) is 42.8 Å². The second-order valence-corrected chi connectivity index (χ2v) is 7.58. The van der Waals surface area contributed by atoms with Crippen LogP contribution < -0.4 is 19.7 Å². The minimum Gasteiger partial charge on any atom is -0.491 e. The summed E-state index contributed by atoms with van der Waals surface area (Å²) in [5.74, 6) is 1.89. The summed E-state index contributed by atoms with van der Waals surface area (Å²) in [5.41, 5.74) is 3.53. The lowest BCUT2D eigenvalue weighted by Gasteiger charge is -2.37. The number of hydrogen-bond donors (Lipinski definition) is 2. The molecule has 0 bridgehead atoms. The molecule has 2 aromatic rings. The van der Waals surface area contributed by atoms with Crippen molar-refractivity contribution in [3.8, 4) is 11.5 Å². The maximum atomic E-state index is 10.4. The number of piperazine rings is 1. The van der Waals surface area contributed by atoms with Crippen LogP contribution in [0, 0.1) is 0 Å². The minimum atomic E-state index is -0.535. The molecule has 1 saturated heterocycles. The van der Waals surface area contributed by atoms with Crippen molar-refractivity contribution in [2.75, 3.05) is 49.5 Å². The van der Waals surface area contributed by atoms with Crippen LogP contribution in [-0.2, 0) is 6.42 Å². The summed E-state index contributed by atoms with van der Waals surface area (Å²) in [6.07, 6.45) is 0.534. The van der Waals surface area contributed by atoms with E-state index in [1.165, 1.54) is 11.3 Å². The van der Waals surface area contributed by atoms with Crippen LogP contribution in [0.3, 0.4) is 0 Å². The molecule has 154 valence electrons. The van der Waals surface area contributed by atoms with E-state index in [4.69, 9.17) is 9.47 Å². The Balaban J connectivity index is 1.21. The van der Waals surface area contributed by atoms with Gasteiger partial charge in [-0.3, -0.25) is 4.90 Å². The Morgan fingerprint density at radius 1 is 1.14 bits per heavy atom. The molecule has 2 aliphatic heterocycles. The molecule has 6 heteroatoms. The summed E-state index contributed by atoms with van der Waals surface area (Å²) in [6.45, 7) is 10.6. The summed E-state index contributed by atoms with van der Waals surface area (Å²) in [4.78, 5) is 4.70. The second-order valence-electron chi connectivity index (χ2n) is 7.58. The molecule has 2 heterocycles. The van der Waals surface area contributed by atoms with Crippen molar-refractivity contribution in [3.05, 3.63) is 60.5 Å². The fourth-order valence-corrected chi connectivity index (χ4v) is 3.76. The quantitative estimate of drug-likeness (QED) is 0.751. The molecule has 1 fully saturated rings. The van der Waals surface area contributed by atoms with Crippen molar-refractivity contribution >= 4 is 11.4 Å². The number of aliphatic hydroxyl groups excluding tert-OH is 1. The van der Waals surface area contributed by atoms with E-state index in [-0.39, 0.29) is 6.61 Å². The number of aliphatic hydroxyl groups is 1. The third-order valence-corrected chi connectivity index (χ3v) is 5.45. The van der Waals surface area contributed by atoms with Gasteiger partial charge in [0, 0.05) is 44.5 Å². The number of ether oxygens (including phenoxy) is 2. The van der Waals surface area contributed by atoms with Crippen molar-refractivity contribution in [2.24, 2.45) is 0 Å². The molecular formula is C23H29N3O3. The van der Waals surface area contributed by atoms with Gasteiger partial charge in [0.2, 0.25) is 0 Å². The average Bonchev–Trinajstić information content (AvgIpc) is 3.12. The smallest absolute Gasteiger partial charge is 0.190 e. The van der Waals surface area contributed by atoms with Crippen molar-refractivity contribution < 1.29 is 14.6 Å². The van der Waals surface area contributed by atoms with Crippen molar-refractivity contribution in [3.63, 3.8) is 0 Å². The Labute approximate surface area is 172 Å². The summed E-state index contributed by atoms with van der Waals surface area (Å²) in [5, 5.41) is 13.4. The number of benzene rings is 2. The molecule has 0 saturated carbocycles. The molecule has 2 aliphatic rings. The third kappa shape index (κ3) is 4.83. The second kappa shape index (κ2) is 8.76. The molecular weight excluding hydrogens is 366 g/mol. The number of nitrogens with zero attached hydrogens (tertiary/aromatic N) is 2. The predicted molar refractivity (Wildman–Crippen MR) is 116 cm³/mol. The molecule has 29 heavy (non-hydrogen) atoms. The van der Waals surface area contributed by atoms with Gasteiger partial charge in [-0.1, -0.05) is 19.1 Å². The molecule has 0 unspecified atom stereocenters. The molecule has 6 nitrogen and oxygen atoms in total. The van der Waals surface area contributed by atoms with Crippen LogP contribution in [0.25, 0.3) is 0 Å². The molecule has 2 aromatic carbocycles. The standard InChI is InChI=1S/C23H29N3O3/c1-3-18-4-6-19(7-5-18)26-12-10-25(11-13-26)15-20(27)16-28-21-8-9-22-23(14-21)29-17(2)24-22/h4-9,14,20,24,27H,2-3,10-13,15-16H2,1H3/t20-/m0/s1. The first-order valence-corrected chi connectivity index (χ1v) is 10.3. The fourth-order valence-electron chi connectivity index (χ4n) is 3.76. The first-order valence-electron chi connectivity index (χ1n) is 10.3. The Kier molecular flexibility index (Phi) is 5.92. The molecule has 0 spiro atoms. The van der Waals surface area contributed by atoms with E-state index in [0.29, 0.717) is 23.9 Å². The normalized spacial score (nSPS) is 17.4. The Hall–Kier alpha value is -2.70. The predicted octanol–water partition coefficient (Wildman–Crippen LogP) is 3.09. The van der Waals surface area contributed by atoms with Gasteiger partial charge in [-0.15, -0.1) is 0 Å². The highest BCUT2D eigenvalue weighted by Gasteiger charge is 2.20. The van der Waals surface area contributed by atoms with Crippen molar-refractivity contribution in [1.29, 1.82) is 0 Å². The van der Waals surface area contributed by atoms with Crippen LogP contribution in [0.1, 0.15) is 12.5 Å². The average molecular weight is 396 g/mol. The first kappa shape index (κ1) is 19.6. The Bertz CT molecular complexity index is 845. The molecule has 0 aromatic heterocycles. The van der Waals surface area contributed by atoms with E-state index in [9.17, 15) is 5.11 Å². The van der Waals surface area contributed by atoms with E-state index in [0.717, 1.165) is 38.3 Å². The number of β-amino-alcohol motifs (C(OH)–C–C–N with tert-alkyl or cyclic N) is 1.